The SMILES string of the molecule is CC(O)Cc1ccccc1CCC(SCCC(=O)O)c1cccc(OCc2ccc3ccc(Cl)cc3n2)c1. The van der Waals surface area contributed by atoms with Gasteiger partial charge in [0.25, 0.3) is 0 Å². The predicted molar refractivity (Wildman–Crippen MR) is 155 cm³/mol. The van der Waals surface area contributed by atoms with E-state index in [0.717, 1.165) is 46.3 Å². The normalized spacial score (nSPS) is 12.8. The van der Waals surface area contributed by atoms with Crippen LogP contribution in [0.5, 0.6) is 5.75 Å². The molecule has 0 saturated carbocycles. The maximum Gasteiger partial charge on any atom is 0.304 e. The largest absolute Gasteiger partial charge is 0.487 e. The highest BCUT2D eigenvalue weighted by molar-refractivity contribution is 7.99. The Bertz CT molecular complexity index is 1380. The Balaban J connectivity index is 1.47. The van der Waals surface area contributed by atoms with Crippen molar-refractivity contribution in [3.8, 4) is 5.75 Å². The first-order chi connectivity index (χ1) is 18.4. The molecular formula is C31H32ClNO4S. The minimum absolute atomic E-state index is 0.110. The molecule has 2 atom stereocenters. The van der Waals surface area contributed by atoms with Gasteiger partial charge in [-0.2, -0.15) is 11.8 Å². The molecule has 3 aromatic carbocycles. The number of aliphatic hydroxyl groups is 1. The molecule has 0 aliphatic carbocycles. The number of rotatable bonds is 13. The second kappa shape index (κ2) is 13.7. The molecule has 4 rings (SSSR count). The van der Waals surface area contributed by atoms with Crippen molar-refractivity contribution < 1.29 is 19.7 Å². The first-order valence-electron chi connectivity index (χ1n) is 12.7. The molecule has 38 heavy (non-hydrogen) atoms. The number of nitrogens with zero attached hydrogens (tertiary/aromatic N) is 1. The molecule has 1 heterocycles. The second-order valence-corrected chi connectivity index (χ2v) is 11.1. The highest BCUT2D eigenvalue weighted by Crippen LogP contribution is 2.36. The Morgan fingerprint density at radius 3 is 2.61 bits per heavy atom. The molecule has 0 fully saturated rings. The Kier molecular flexibility index (Phi) is 10.0. The van der Waals surface area contributed by atoms with Crippen LogP contribution < -0.4 is 4.74 Å². The Labute approximate surface area is 232 Å². The van der Waals surface area contributed by atoms with E-state index in [-0.39, 0.29) is 11.7 Å². The monoisotopic (exact) mass is 549 g/mol. The number of carboxylic acids is 1. The van der Waals surface area contributed by atoms with Gasteiger partial charge in [0, 0.05) is 21.4 Å². The van der Waals surface area contributed by atoms with Crippen LogP contribution in [0.15, 0.2) is 78.9 Å². The highest BCUT2D eigenvalue weighted by atomic mass is 35.5. The zero-order chi connectivity index (χ0) is 26.9. The number of thioether (sulfide) groups is 1. The smallest absolute Gasteiger partial charge is 0.304 e. The number of benzene rings is 3. The summed E-state index contributed by atoms with van der Waals surface area (Å²) in [5.74, 6) is 0.484. The van der Waals surface area contributed by atoms with E-state index in [2.05, 4.69) is 23.2 Å². The van der Waals surface area contributed by atoms with E-state index < -0.39 is 12.1 Å². The molecule has 4 aromatic rings. The quantitative estimate of drug-likeness (QED) is 0.182. The third-order valence-corrected chi connectivity index (χ3v) is 7.86. The van der Waals surface area contributed by atoms with Crippen LogP contribution in [-0.2, 0) is 24.2 Å². The molecule has 0 amide bonds. The lowest BCUT2D eigenvalue weighted by atomic mass is 9.96. The van der Waals surface area contributed by atoms with Gasteiger partial charge in [-0.05, 0) is 73.2 Å². The molecule has 5 nitrogen and oxygen atoms in total. The lowest BCUT2D eigenvalue weighted by Gasteiger charge is -2.19. The molecule has 1 aromatic heterocycles. The number of pyridine rings is 1. The number of ether oxygens (including phenoxy) is 1. The number of carboxylic acid groups (broad SMARTS) is 1. The van der Waals surface area contributed by atoms with Gasteiger partial charge in [-0.25, -0.2) is 4.98 Å². The maximum absolute atomic E-state index is 11.1. The van der Waals surface area contributed by atoms with Crippen molar-refractivity contribution in [2.45, 2.75) is 50.6 Å². The molecule has 7 heteroatoms. The number of aliphatic hydroxyl groups excluding tert-OH is 1. The Morgan fingerprint density at radius 2 is 1.82 bits per heavy atom. The van der Waals surface area contributed by atoms with Gasteiger partial charge in [-0.15, -0.1) is 0 Å². The second-order valence-electron chi connectivity index (χ2n) is 9.36. The number of hydrogen-bond acceptors (Lipinski definition) is 5. The fourth-order valence-corrected chi connectivity index (χ4v) is 5.78. The fraction of sp³-hybridized carbons (Fsp3) is 0.290. The molecule has 0 spiro atoms. The standard InChI is InChI=1S/C31H32ClNO4S/c1-21(34)17-24-6-3-2-5-22(24)11-14-30(38-16-15-31(35)36)25-7-4-8-28(18-25)37-20-27-13-10-23-9-12-26(32)19-29(23)33-27/h2-10,12-13,18-19,21,30,34H,11,14-17,20H2,1H3,(H,35,36). The average Bonchev–Trinajstić information content (AvgIpc) is 2.89. The van der Waals surface area contributed by atoms with Gasteiger partial charge in [0.2, 0.25) is 0 Å². The molecule has 2 unspecified atom stereocenters. The van der Waals surface area contributed by atoms with Crippen LogP contribution in [0, 0.1) is 0 Å². The van der Waals surface area contributed by atoms with Crippen LogP contribution in [0.2, 0.25) is 5.02 Å². The zero-order valence-corrected chi connectivity index (χ0v) is 22.9. The Hall–Kier alpha value is -3.06. The summed E-state index contributed by atoms with van der Waals surface area (Å²) < 4.78 is 6.10. The van der Waals surface area contributed by atoms with E-state index in [4.69, 9.17) is 21.4 Å². The number of fused-ring (bicyclic) bond motifs is 1. The summed E-state index contributed by atoms with van der Waals surface area (Å²) in [6.07, 6.45) is 2.01. The third-order valence-electron chi connectivity index (χ3n) is 6.27. The predicted octanol–water partition coefficient (Wildman–Crippen LogP) is 7.27. The van der Waals surface area contributed by atoms with Gasteiger partial charge < -0.3 is 14.9 Å². The van der Waals surface area contributed by atoms with Crippen LogP contribution in [0.3, 0.4) is 0 Å². The summed E-state index contributed by atoms with van der Waals surface area (Å²) in [5.41, 5.74) is 5.11. The molecule has 0 saturated heterocycles. The van der Waals surface area contributed by atoms with Crippen LogP contribution in [0.1, 0.15) is 47.4 Å². The van der Waals surface area contributed by atoms with Crippen molar-refractivity contribution in [1.29, 1.82) is 0 Å². The van der Waals surface area contributed by atoms with Gasteiger partial charge >= 0.3 is 5.97 Å². The number of aryl methyl sites for hydroxylation is 1. The highest BCUT2D eigenvalue weighted by Gasteiger charge is 2.16. The summed E-state index contributed by atoms with van der Waals surface area (Å²) in [7, 11) is 0. The van der Waals surface area contributed by atoms with Crippen molar-refractivity contribution in [3.05, 3.63) is 106 Å². The van der Waals surface area contributed by atoms with Gasteiger partial charge in [-0.3, -0.25) is 4.79 Å². The average molecular weight is 550 g/mol. The van der Waals surface area contributed by atoms with Crippen molar-refractivity contribution in [2.24, 2.45) is 0 Å². The summed E-state index contributed by atoms with van der Waals surface area (Å²) >= 11 is 7.78. The number of aliphatic carboxylic acids is 1. The first-order valence-corrected chi connectivity index (χ1v) is 14.2. The summed E-state index contributed by atoms with van der Waals surface area (Å²) in [6, 6.07) is 25.8. The molecule has 0 bridgehead atoms. The molecular weight excluding hydrogens is 518 g/mol. The van der Waals surface area contributed by atoms with E-state index >= 15 is 0 Å². The minimum Gasteiger partial charge on any atom is -0.487 e. The summed E-state index contributed by atoms with van der Waals surface area (Å²) in [5, 5.41) is 20.8. The Morgan fingerprint density at radius 1 is 1.03 bits per heavy atom. The van der Waals surface area contributed by atoms with Crippen molar-refractivity contribution in [3.63, 3.8) is 0 Å². The number of aromatic nitrogens is 1. The number of carbonyl (C=O) groups is 1. The van der Waals surface area contributed by atoms with E-state index in [0.29, 0.717) is 23.8 Å². The number of halogens is 1. The molecule has 0 aliphatic heterocycles. The van der Waals surface area contributed by atoms with Crippen molar-refractivity contribution in [2.75, 3.05) is 5.75 Å². The van der Waals surface area contributed by atoms with Crippen molar-refractivity contribution in [1.82, 2.24) is 4.98 Å². The molecule has 198 valence electrons. The fourth-order valence-electron chi connectivity index (χ4n) is 4.41. The van der Waals surface area contributed by atoms with E-state index in [1.165, 1.54) is 5.56 Å². The summed E-state index contributed by atoms with van der Waals surface area (Å²) in [4.78, 5) is 15.8. The maximum atomic E-state index is 11.1. The summed E-state index contributed by atoms with van der Waals surface area (Å²) in [6.45, 7) is 2.13. The molecule has 0 radical (unpaired) electrons. The lowest BCUT2D eigenvalue weighted by molar-refractivity contribution is -0.136. The van der Waals surface area contributed by atoms with Gasteiger partial charge in [0.15, 0.2) is 0 Å². The van der Waals surface area contributed by atoms with Gasteiger partial charge in [-0.1, -0.05) is 60.1 Å². The minimum atomic E-state index is -0.792. The molecule has 2 N–H and O–H groups in total. The van der Waals surface area contributed by atoms with Crippen LogP contribution in [-0.4, -0.2) is 33.0 Å². The third kappa shape index (κ3) is 8.22. The van der Waals surface area contributed by atoms with E-state index in [1.54, 1.807) is 18.7 Å². The lowest BCUT2D eigenvalue weighted by Crippen LogP contribution is -2.08. The number of hydrogen-bond donors (Lipinski definition) is 2. The van der Waals surface area contributed by atoms with Gasteiger partial charge in [0.1, 0.15) is 12.4 Å². The van der Waals surface area contributed by atoms with E-state index in [1.807, 2.05) is 60.7 Å². The molecule has 0 aliphatic rings. The van der Waals surface area contributed by atoms with Crippen LogP contribution in [0.4, 0.5) is 0 Å². The van der Waals surface area contributed by atoms with E-state index in [9.17, 15) is 9.90 Å². The van der Waals surface area contributed by atoms with Crippen molar-refractivity contribution >= 4 is 40.2 Å². The van der Waals surface area contributed by atoms with Crippen LogP contribution in [0.25, 0.3) is 10.9 Å². The topological polar surface area (TPSA) is 79.7 Å². The first kappa shape index (κ1) is 28.0. The van der Waals surface area contributed by atoms with Gasteiger partial charge in [0.05, 0.1) is 23.7 Å². The van der Waals surface area contributed by atoms with Crippen LogP contribution >= 0.6 is 23.4 Å². The zero-order valence-electron chi connectivity index (χ0n) is 21.3.